The van der Waals surface area contributed by atoms with Gasteiger partial charge in [-0.1, -0.05) is 0 Å². The van der Waals surface area contributed by atoms with Crippen LogP contribution in [0.15, 0.2) is 0 Å². The van der Waals surface area contributed by atoms with E-state index in [-0.39, 0.29) is 43.8 Å². The molecule has 0 radical (unpaired) electrons. The van der Waals surface area contributed by atoms with Gasteiger partial charge in [0.25, 0.3) is 0 Å². The third-order valence-corrected chi connectivity index (χ3v) is 4.06. The molecule has 4 nitrogen and oxygen atoms in total. The summed E-state index contributed by atoms with van der Waals surface area (Å²) in [5, 5.41) is 11.9. The number of aliphatic hydroxyl groups excluding tert-OH is 1. The Balaban J connectivity index is 2.11. The normalized spacial score (nSPS) is 36.4. The molecule has 18 heavy (non-hydrogen) atoms. The van der Waals surface area contributed by atoms with Gasteiger partial charge in [0.2, 0.25) is 5.92 Å². The van der Waals surface area contributed by atoms with Gasteiger partial charge in [-0.3, -0.25) is 0 Å². The molecule has 2 fully saturated rings. The zero-order valence-electron chi connectivity index (χ0n) is 10.2. The van der Waals surface area contributed by atoms with Crippen LogP contribution in [-0.2, 0) is 4.74 Å². The summed E-state index contributed by atoms with van der Waals surface area (Å²) in [7, 11) is 0. The number of hydrogen-bond donors (Lipinski definition) is 2. The Kier molecular flexibility index (Phi) is 4.04. The average molecular weight is 263 g/mol. The smallest absolute Gasteiger partial charge is 0.407 e. The zero-order chi connectivity index (χ0) is 13.2. The highest BCUT2D eigenvalue weighted by Crippen LogP contribution is 2.44. The molecule has 0 bridgehead atoms. The van der Waals surface area contributed by atoms with Crippen LogP contribution in [0.2, 0.25) is 0 Å². The number of hydrogen-bond acceptors (Lipinski definition) is 3. The first kappa shape index (κ1) is 13.5. The second-order valence-corrected chi connectivity index (χ2v) is 5.28. The summed E-state index contributed by atoms with van der Waals surface area (Å²) in [4.78, 5) is 11.2. The third-order valence-electron chi connectivity index (χ3n) is 4.06. The molecule has 0 aromatic heterocycles. The molecule has 0 aromatic rings. The van der Waals surface area contributed by atoms with Gasteiger partial charge in [-0.25, -0.2) is 13.6 Å². The first-order valence-electron chi connectivity index (χ1n) is 6.41. The van der Waals surface area contributed by atoms with Crippen LogP contribution in [0.4, 0.5) is 13.6 Å². The molecule has 1 aliphatic carbocycles. The number of fused-ring (bicyclic) bond motifs is 1. The van der Waals surface area contributed by atoms with Gasteiger partial charge in [0.15, 0.2) is 0 Å². The summed E-state index contributed by atoms with van der Waals surface area (Å²) >= 11 is 0. The fourth-order valence-electron chi connectivity index (χ4n) is 3.09. The second kappa shape index (κ2) is 5.38. The minimum absolute atomic E-state index is 0.0160. The summed E-state index contributed by atoms with van der Waals surface area (Å²) in [6.07, 6.45) is 0.0985. The van der Waals surface area contributed by atoms with Crippen molar-refractivity contribution in [1.29, 1.82) is 0 Å². The van der Waals surface area contributed by atoms with E-state index in [1.807, 2.05) is 0 Å². The van der Waals surface area contributed by atoms with Gasteiger partial charge < -0.3 is 15.2 Å². The van der Waals surface area contributed by atoms with Crippen LogP contribution in [0, 0.1) is 17.8 Å². The van der Waals surface area contributed by atoms with Crippen LogP contribution in [0.3, 0.4) is 0 Å². The lowest BCUT2D eigenvalue weighted by Crippen LogP contribution is -2.38. The number of carbonyl (C=O) groups is 1. The van der Waals surface area contributed by atoms with Gasteiger partial charge in [-0.2, -0.15) is 0 Å². The van der Waals surface area contributed by atoms with Crippen LogP contribution >= 0.6 is 0 Å². The molecule has 0 aromatic carbocycles. The first-order chi connectivity index (χ1) is 8.52. The lowest BCUT2D eigenvalue weighted by molar-refractivity contribution is -0.0862. The minimum atomic E-state index is -2.61. The molecule has 3 atom stereocenters. The summed E-state index contributed by atoms with van der Waals surface area (Å²) in [5.41, 5.74) is 0. The zero-order valence-corrected chi connectivity index (χ0v) is 10.2. The van der Waals surface area contributed by atoms with Crippen LogP contribution in [0.5, 0.6) is 0 Å². The summed E-state index contributed by atoms with van der Waals surface area (Å²) in [5.74, 6) is -2.98. The second-order valence-electron chi connectivity index (χ2n) is 5.28. The van der Waals surface area contributed by atoms with Crippen molar-refractivity contribution in [2.45, 2.75) is 31.6 Å². The SMILES string of the molecule is O=C1NCC[C@@H]2CC(F)(F)CC[C@H]2[C@H](CO)CO1. The maximum atomic E-state index is 13.4. The Morgan fingerprint density at radius 1 is 1.44 bits per heavy atom. The van der Waals surface area contributed by atoms with Crippen molar-refractivity contribution in [1.82, 2.24) is 5.32 Å². The van der Waals surface area contributed by atoms with Crippen molar-refractivity contribution in [2.24, 2.45) is 17.8 Å². The Labute approximate surface area is 105 Å². The van der Waals surface area contributed by atoms with Gasteiger partial charge in [0, 0.05) is 31.9 Å². The van der Waals surface area contributed by atoms with Crippen LogP contribution in [-0.4, -0.2) is 36.9 Å². The molecule has 2 N–H and O–H groups in total. The van der Waals surface area contributed by atoms with E-state index in [2.05, 4.69) is 5.32 Å². The summed E-state index contributed by atoms with van der Waals surface area (Å²) in [6.45, 7) is 0.337. The van der Waals surface area contributed by atoms with Crippen molar-refractivity contribution in [3.05, 3.63) is 0 Å². The van der Waals surface area contributed by atoms with Gasteiger partial charge >= 0.3 is 6.09 Å². The molecular formula is C12H19F2NO3. The van der Waals surface area contributed by atoms with Crippen molar-refractivity contribution in [3.8, 4) is 0 Å². The number of rotatable bonds is 1. The molecule has 1 heterocycles. The van der Waals surface area contributed by atoms with E-state index < -0.39 is 12.0 Å². The largest absolute Gasteiger partial charge is 0.449 e. The lowest BCUT2D eigenvalue weighted by Gasteiger charge is -2.39. The van der Waals surface area contributed by atoms with Crippen LogP contribution in [0.1, 0.15) is 25.7 Å². The highest BCUT2D eigenvalue weighted by molar-refractivity contribution is 5.67. The maximum Gasteiger partial charge on any atom is 0.407 e. The van der Waals surface area contributed by atoms with E-state index in [1.54, 1.807) is 0 Å². The number of alkyl halides is 2. The molecule has 0 unspecified atom stereocenters. The predicted molar refractivity (Wildman–Crippen MR) is 60.3 cm³/mol. The summed E-state index contributed by atoms with van der Waals surface area (Å²) < 4.78 is 31.8. The van der Waals surface area contributed by atoms with Crippen LogP contribution in [0.25, 0.3) is 0 Å². The van der Waals surface area contributed by atoms with Crippen molar-refractivity contribution < 1.29 is 23.4 Å². The molecule has 2 aliphatic rings. The number of aliphatic hydroxyl groups is 1. The van der Waals surface area contributed by atoms with E-state index in [4.69, 9.17) is 4.74 Å². The first-order valence-corrected chi connectivity index (χ1v) is 6.41. The van der Waals surface area contributed by atoms with E-state index in [0.29, 0.717) is 19.4 Å². The molecule has 1 amide bonds. The van der Waals surface area contributed by atoms with Crippen molar-refractivity contribution >= 4 is 6.09 Å². The highest BCUT2D eigenvalue weighted by atomic mass is 19.3. The Morgan fingerprint density at radius 2 is 2.22 bits per heavy atom. The number of halogens is 2. The van der Waals surface area contributed by atoms with Gasteiger partial charge in [-0.05, 0) is 24.7 Å². The quantitative estimate of drug-likeness (QED) is 0.758. The number of ether oxygens (including phenoxy) is 1. The fraction of sp³-hybridized carbons (Fsp3) is 0.917. The third kappa shape index (κ3) is 3.10. The van der Waals surface area contributed by atoms with Gasteiger partial charge in [0.1, 0.15) is 0 Å². The van der Waals surface area contributed by atoms with Crippen LogP contribution < -0.4 is 5.32 Å². The molecule has 2 rings (SSSR count). The number of amides is 1. The van der Waals surface area contributed by atoms with Gasteiger partial charge in [-0.15, -0.1) is 0 Å². The number of alkyl carbamates (subject to hydrolysis) is 1. The number of cyclic esters (lactones) is 1. The monoisotopic (exact) mass is 263 g/mol. The topological polar surface area (TPSA) is 58.6 Å². The molecule has 1 aliphatic heterocycles. The van der Waals surface area contributed by atoms with Crippen molar-refractivity contribution in [2.75, 3.05) is 19.8 Å². The Morgan fingerprint density at radius 3 is 2.94 bits per heavy atom. The fourth-order valence-corrected chi connectivity index (χ4v) is 3.09. The van der Waals surface area contributed by atoms with E-state index in [0.717, 1.165) is 0 Å². The molecule has 6 heteroatoms. The highest BCUT2D eigenvalue weighted by Gasteiger charge is 2.44. The van der Waals surface area contributed by atoms with Crippen molar-refractivity contribution in [3.63, 3.8) is 0 Å². The number of nitrogens with one attached hydrogen (secondary N) is 1. The molecule has 104 valence electrons. The van der Waals surface area contributed by atoms with E-state index in [1.165, 1.54) is 0 Å². The standard InChI is InChI=1S/C12H19F2NO3/c13-12(14)3-1-10-8(5-12)2-4-15-11(17)18-7-9(10)6-16/h8-10,16H,1-7H2,(H,15,17)/t8-,9-,10-/m1/s1. The Hall–Kier alpha value is -0.910. The number of carbonyl (C=O) groups excluding carboxylic acids is 1. The Bertz CT molecular complexity index is 312. The maximum absolute atomic E-state index is 13.4. The van der Waals surface area contributed by atoms with E-state index >= 15 is 0 Å². The minimum Gasteiger partial charge on any atom is -0.449 e. The molecule has 0 spiro atoms. The predicted octanol–water partition coefficient (Wildman–Crippen LogP) is 1.78. The molecular weight excluding hydrogens is 244 g/mol. The molecule has 1 saturated heterocycles. The van der Waals surface area contributed by atoms with Gasteiger partial charge in [0.05, 0.1) is 6.61 Å². The average Bonchev–Trinajstić information content (AvgIpc) is 2.37. The summed E-state index contributed by atoms with van der Waals surface area (Å²) in [6, 6.07) is 0. The van der Waals surface area contributed by atoms with E-state index in [9.17, 15) is 18.7 Å². The lowest BCUT2D eigenvalue weighted by atomic mass is 9.70. The molecule has 1 saturated carbocycles.